The predicted octanol–water partition coefficient (Wildman–Crippen LogP) is 3.84. The fourth-order valence-corrected chi connectivity index (χ4v) is 1.54. The topological polar surface area (TPSA) is 64.4 Å². The standard InChI is InChI=1S/C14H22N2O3/c1-5-9-15-12-7-6-8-13(14(12)16(17)18)19-11(4)10(2)3/h6-8,10-11,15H,5,9H2,1-4H3. The van der Waals surface area contributed by atoms with Crippen LogP contribution in [0.3, 0.4) is 0 Å². The molecule has 1 unspecified atom stereocenters. The summed E-state index contributed by atoms with van der Waals surface area (Å²) in [6.07, 6.45) is 0.838. The van der Waals surface area contributed by atoms with Crippen LogP contribution in [0.4, 0.5) is 11.4 Å². The highest BCUT2D eigenvalue weighted by Gasteiger charge is 2.22. The third-order valence-corrected chi connectivity index (χ3v) is 3.00. The Morgan fingerprint density at radius 2 is 2.05 bits per heavy atom. The molecule has 0 saturated carbocycles. The zero-order valence-corrected chi connectivity index (χ0v) is 12.0. The van der Waals surface area contributed by atoms with Crippen LogP contribution in [0.25, 0.3) is 0 Å². The molecule has 1 atom stereocenters. The first kappa shape index (κ1) is 15.3. The van der Waals surface area contributed by atoms with Gasteiger partial charge in [0, 0.05) is 6.54 Å². The van der Waals surface area contributed by atoms with Gasteiger partial charge in [-0.25, -0.2) is 0 Å². The monoisotopic (exact) mass is 266 g/mol. The molecule has 1 N–H and O–H groups in total. The van der Waals surface area contributed by atoms with E-state index in [4.69, 9.17) is 4.74 Å². The number of nitro groups is 1. The van der Waals surface area contributed by atoms with E-state index >= 15 is 0 Å². The number of hydrogen-bond acceptors (Lipinski definition) is 4. The van der Waals surface area contributed by atoms with Crippen LogP contribution in [0.15, 0.2) is 18.2 Å². The van der Waals surface area contributed by atoms with Crippen molar-refractivity contribution in [3.8, 4) is 5.75 Å². The number of nitrogens with one attached hydrogen (secondary N) is 1. The van der Waals surface area contributed by atoms with Gasteiger partial charge in [0.2, 0.25) is 0 Å². The van der Waals surface area contributed by atoms with Crippen LogP contribution >= 0.6 is 0 Å². The molecule has 19 heavy (non-hydrogen) atoms. The fraction of sp³-hybridized carbons (Fsp3) is 0.571. The summed E-state index contributed by atoms with van der Waals surface area (Å²) in [6.45, 7) is 8.68. The Morgan fingerprint density at radius 1 is 1.37 bits per heavy atom. The van der Waals surface area contributed by atoms with Gasteiger partial charge in [-0.1, -0.05) is 26.8 Å². The highest BCUT2D eigenvalue weighted by atomic mass is 16.6. The maximum absolute atomic E-state index is 11.2. The second-order valence-electron chi connectivity index (χ2n) is 4.90. The molecule has 1 rings (SSSR count). The van der Waals surface area contributed by atoms with Crippen molar-refractivity contribution in [3.63, 3.8) is 0 Å². The number of anilines is 1. The van der Waals surface area contributed by atoms with E-state index in [0.29, 0.717) is 23.9 Å². The molecule has 1 aromatic rings. The van der Waals surface area contributed by atoms with Crippen molar-refractivity contribution < 1.29 is 9.66 Å². The molecule has 0 spiro atoms. The molecule has 0 fully saturated rings. The second kappa shape index (κ2) is 6.97. The highest BCUT2D eigenvalue weighted by molar-refractivity contribution is 5.68. The van der Waals surface area contributed by atoms with Gasteiger partial charge in [-0.15, -0.1) is 0 Å². The van der Waals surface area contributed by atoms with E-state index in [0.717, 1.165) is 6.42 Å². The smallest absolute Gasteiger partial charge is 0.333 e. The summed E-state index contributed by atoms with van der Waals surface area (Å²) in [5, 5.41) is 14.3. The van der Waals surface area contributed by atoms with Gasteiger partial charge in [0.15, 0.2) is 5.75 Å². The van der Waals surface area contributed by atoms with Crippen molar-refractivity contribution in [2.45, 2.75) is 40.2 Å². The molecule has 5 heteroatoms. The molecule has 106 valence electrons. The lowest BCUT2D eigenvalue weighted by Gasteiger charge is -2.18. The fourth-order valence-electron chi connectivity index (χ4n) is 1.54. The van der Waals surface area contributed by atoms with Crippen molar-refractivity contribution in [3.05, 3.63) is 28.3 Å². The molecule has 0 bridgehead atoms. The molecule has 0 radical (unpaired) electrons. The Balaban J connectivity index is 3.06. The SMILES string of the molecule is CCCNc1cccc(OC(C)C(C)C)c1[N+](=O)[O-]. The van der Waals surface area contributed by atoms with Crippen LogP contribution in [0, 0.1) is 16.0 Å². The van der Waals surface area contributed by atoms with Gasteiger partial charge >= 0.3 is 5.69 Å². The third-order valence-electron chi connectivity index (χ3n) is 3.00. The van der Waals surface area contributed by atoms with E-state index in [1.165, 1.54) is 0 Å². The highest BCUT2D eigenvalue weighted by Crippen LogP contribution is 2.35. The maximum atomic E-state index is 11.2. The van der Waals surface area contributed by atoms with Crippen LogP contribution < -0.4 is 10.1 Å². The molecule has 0 aliphatic rings. The lowest BCUT2D eigenvalue weighted by Crippen LogP contribution is -2.19. The number of rotatable bonds is 7. The minimum absolute atomic E-state index is 0.0171. The predicted molar refractivity (Wildman–Crippen MR) is 76.8 cm³/mol. The minimum Gasteiger partial charge on any atom is -0.483 e. The Kier molecular flexibility index (Phi) is 5.60. The van der Waals surface area contributed by atoms with Gasteiger partial charge in [0.1, 0.15) is 5.69 Å². The summed E-state index contributed by atoms with van der Waals surface area (Å²) in [4.78, 5) is 10.9. The van der Waals surface area contributed by atoms with E-state index in [-0.39, 0.29) is 16.7 Å². The first-order valence-electron chi connectivity index (χ1n) is 6.65. The van der Waals surface area contributed by atoms with Gasteiger partial charge in [0.25, 0.3) is 0 Å². The van der Waals surface area contributed by atoms with Crippen LogP contribution in [0.2, 0.25) is 0 Å². The summed E-state index contributed by atoms with van der Waals surface area (Å²) in [5.74, 6) is 0.624. The Bertz CT molecular complexity index is 433. The van der Waals surface area contributed by atoms with Crippen molar-refractivity contribution in [1.29, 1.82) is 0 Å². The quantitative estimate of drug-likeness (QED) is 0.601. The number of hydrogen-bond donors (Lipinski definition) is 1. The maximum Gasteiger partial charge on any atom is 0.333 e. The summed E-state index contributed by atoms with van der Waals surface area (Å²) in [5.41, 5.74) is 0.531. The van der Waals surface area contributed by atoms with E-state index in [9.17, 15) is 10.1 Å². The second-order valence-corrected chi connectivity index (χ2v) is 4.90. The summed E-state index contributed by atoms with van der Waals surface area (Å²) >= 11 is 0. The first-order valence-corrected chi connectivity index (χ1v) is 6.65. The van der Waals surface area contributed by atoms with Crippen LogP contribution in [-0.2, 0) is 0 Å². The summed E-state index contributed by atoms with van der Waals surface area (Å²) in [6, 6.07) is 5.13. The van der Waals surface area contributed by atoms with Crippen molar-refractivity contribution in [1.82, 2.24) is 0 Å². The average molecular weight is 266 g/mol. The van der Waals surface area contributed by atoms with Crippen molar-refractivity contribution >= 4 is 11.4 Å². The molecule has 1 aromatic carbocycles. The molecule has 0 heterocycles. The molecule has 5 nitrogen and oxygen atoms in total. The van der Waals surface area contributed by atoms with Gasteiger partial charge in [-0.3, -0.25) is 10.1 Å². The number of nitro benzene ring substituents is 1. The van der Waals surface area contributed by atoms with E-state index in [2.05, 4.69) is 5.32 Å². The minimum atomic E-state index is -0.389. The van der Waals surface area contributed by atoms with Crippen molar-refractivity contribution in [2.24, 2.45) is 5.92 Å². The zero-order chi connectivity index (χ0) is 14.4. The molecule has 0 saturated heterocycles. The van der Waals surface area contributed by atoms with E-state index < -0.39 is 0 Å². The Hall–Kier alpha value is -1.78. The molecule has 0 aliphatic heterocycles. The van der Waals surface area contributed by atoms with Crippen LogP contribution in [-0.4, -0.2) is 17.6 Å². The number of nitrogens with zero attached hydrogens (tertiary/aromatic N) is 1. The molecule has 0 aliphatic carbocycles. The molecule has 0 aromatic heterocycles. The van der Waals surface area contributed by atoms with Gasteiger partial charge in [-0.2, -0.15) is 0 Å². The Morgan fingerprint density at radius 3 is 2.58 bits per heavy atom. The third kappa shape index (κ3) is 4.12. The largest absolute Gasteiger partial charge is 0.483 e. The van der Waals surface area contributed by atoms with Crippen LogP contribution in [0.5, 0.6) is 5.75 Å². The van der Waals surface area contributed by atoms with Crippen molar-refractivity contribution in [2.75, 3.05) is 11.9 Å². The Labute approximate surface area is 114 Å². The first-order chi connectivity index (χ1) is 8.97. The number of para-hydroxylation sites is 1. The molecular formula is C14H22N2O3. The molecule has 0 amide bonds. The van der Waals surface area contributed by atoms with Gasteiger partial charge < -0.3 is 10.1 Å². The lowest BCUT2D eigenvalue weighted by molar-refractivity contribution is -0.385. The van der Waals surface area contributed by atoms with Gasteiger partial charge in [-0.05, 0) is 31.4 Å². The summed E-state index contributed by atoms with van der Waals surface area (Å²) in [7, 11) is 0. The number of ether oxygens (including phenoxy) is 1. The van der Waals surface area contributed by atoms with Crippen LogP contribution in [0.1, 0.15) is 34.1 Å². The average Bonchev–Trinajstić information content (AvgIpc) is 2.35. The van der Waals surface area contributed by atoms with E-state index in [1.54, 1.807) is 18.2 Å². The summed E-state index contributed by atoms with van der Waals surface area (Å²) < 4.78 is 5.71. The number of benzene rings is 1. The molecular weight excluding hydrogens is 244 g/mol. The normalized spacial score (nSPS) is 12.3. The lowest BCUT2D eigenvalue weighted by atomic mass is 10.1. The van der Waals surface area contributed by atoms with E-state index in [1.807, 2.05) is 27.7 Å². The van der Waals surface area contributed by atoms with Gasteiger partial charge in [0.05, 0.1) is 11.0 Å². The zero-order valence-electron chi connectivity index (χ0n) is 12.0.